The molecule has 0 amide bonds. The van der Waals surface area contributed by atoms with Gasteiger partial charge in [-0.1, -0.05) is 164 Å². The largest absolute Gasteiger partial charge is 0.438 e. The fourth-order valence-electron chi connectivity index (χ4n) is 8.86. The van der Waals surface area contributed by atoms with Crippen molar-refractivity contribution in [3.63, 3.8) is 0 Å². The molecule has 8 aromatic rings. The maximum absolute atomic E-state index is 5.36. The van der Waals surface area contributed by atoms with Crippen molar-refractivity contribution in [3.05, 3.63) is 214 Å². The first-order valence-corrected chi connectivity index (χ1v) is 17.2. The van der Waals surface area contributed by atoms with Gasteiger partial charge >= 0.3 is 0 Å². The Morgan fingerprint density at radius 1 is 0.520 bits per heavy atom. The average Bonchev–Trinajstić information content (AvgIpc) is 3.69. The lowest BCUT2D eigenvalue weighted by atomic mass is 9.64. The standard InChI is InChI=1S/C46H29N4/c1-3-15-29(16-4-1)43-47-44(30-17-5-2-6-18-30)49-45(48-43)35-23-13-21-33-31-19-7-9-24-36(31)46(41(33)35)37-25-10-12-28-40(37)50-39-27-11-8-20-32(39)34-22-14-26-38(46)42(34)50/h1-28,43H/q-1. The van der Waals surface area contributed by atoms with Crippen LogP contribution in [0.3, 0.4) is 0 Å². The molecule has 1 aliphatic carbocycles. The molecule has 0 saturated carbocycles. The molecule has 2 unspecified atom stereocenters. The number of hydrogen-bond donors (Lipinski definition) is 0. The van der Waals surface area contributed by atoms with Crippen LogP contribution in [-0.4, -0.2) is 16.2 Å². The number of nitrogens with zero attached hydrogens (tertiary/aromatic N) is 4. The number of aliphatic imine (C=N–C) groups is 2. The molecule has 0 fully saturated rings. The Morgan fingerprint density at radius 2 is 1.16 bits per heavy atom. The third kappa shape index (κ3) is 3.54. The van der Waals surface area contributed by atoms with Gasteiger partial charge in [0.1, 0.15) is 0 Å². The zero-order valence-electron chi connectivity index (χ0n) is 27.0. The van der Waals surface area contributed by atoms with E-state index in [1.165, 1.54) is 60.9 Å². The molecular formula is C46H29N4-. The first-order chi connectivity index (χ1) is 24.8. The van der Waals surface area contributed by atoms with E-state index in [0.717, 1.165) is 16.7 Å². The van der Waals surface area contributed by atoms with Gasteiger partial charge in [-0.2, -0.15) is 0 Å². The average molecular weight is 638 g/mol. The van der Waals surface area contributed by atoms with E-state index in [0.29, 0.717) is 11.7 Å². The Bertz CT molecular complexity index is 2740. The summed E-state index contributed by atoms with van der Waals surface area (Å²) in [4.78, 5) is 10.7. The smallest absolute Gasteiger partial charge is 0.0822 e. The van der Waals surface area contributed by atoms with Crippen molar-refractivity contribution in [2.24, 2.45) is 9.98 Å². The van der Waals surface area contributed by atoms with Gasteiger partial charge in [0.15, 0.2) is 0 Å². The quantitative estimate of drug-likeness (QED) is 0.185. The van der Waals surface area contributed by atoms with Crippen LogP contribution in [0.15, 0.2) is 180 Å². The molecule has 0 radical (unpaired) electrons. The van der Waals surface area contributed by atoms with Gasteiger partial charge in [-0.3, -0.25) is 4.99 Å². The van der Waals surface area contributed by atoms with Crippen molar-refractivity contribution in [2.45, 2.75) is 11.6 Å². The highest BCUT2D eigenvalue weighted by Gasteiger charge is 2.52. The van der Waals surface area contributed by atoms with Crippen LogP contribution < -0.4 is 0 Å². The highest BCUT2D eigenvalue weighted by molar-refractivity contribution is 6.20. The van der Waals surface area contributed by atoms with Crippen molar-refractivity contribution in [1.82, 2.24) is 4.57 Å². The zero-order valence-corrected chi connectivity index (χ0v) is 27.0. The minimum absolute atomic E-state index is 0.418. The molecule has 2 atom stereocenters. The van der Waals surface area contributed by atoms with Gasteiger partial charge in [0.2, 0.25) is 0 Å². The monoisotopic (exact) mass is 637 g/mol. The molecule has 1 spiro atoms. The van der Waals surface area contributed by atoms with E-state index in [9.17, 15) is 0 Å². The van der Waals surface area contributed by atoms with Crippen LogP contribution in [0.4, 0.5) is 0 Å². The normalized spacial score (nSPS) is 18.3. The maximum atomic E-state index is 5.36. The first kappa shape index (κ1) is 27.4. The molecule has 4 heteroatoms. The number of amidine groups is 2. The van der Waals surface area contributed by atoms with Gasteiger partial charge < -0.3 is 14.9 Å². The van der Waals surface area contributed by atoms with E-state index >= 15 is 0 Å². The Morgan fingerprint density at radius 3 is 2.04 bits per heavy atom. The lowest BCUT2D eigenvalue weighted by molar-refractivity contribution is 0.746. The molecule has 1 aromatic heterocycles. The molecule has 0 saturated heterocycles. The predicted molar refractivity (Wildman–Crippen MR) is 204 cm³/mol. The summed E-state index contributed by atoms with van der Waals surface area (Å²) in [6.45, 7) is 0. The van der Waals surface area contributed by atoms with E-state index < -0.39 is 11.6 Å². The van der Waals surface area contributed by atoms with Crippen molar-refractivity contribution in [1.29, 1.82) is 0 Å². The molecule has 11 rings (SSSR count). The SMILES string of the molecule is c1ccc(C2=NC(c3cccc4c3C3(c5ccccc5-4)c4ccccc4-n4c5ccccc5c5cccc3c54)=NC(c3ccccc3)[N-]2)cc1. The molecule has 7 aromatic carbocycles. The molecule has 2 aliphatic heterocycles. The Labute approximate surface area is 289 Å². The minimum Gasteiger partial charge on any atom is -0.438 e. The number of aromatic nitrogens is 1. The van der Waals surface area contributed by atoms with Gasteiger partial charge in [0.05, 0.1) is 34.1 Å². The molecule has 50 heavy (non-hydrogen) atoms. The Hall–Kier alpha value is -6.52. The van der Waals surface area contributed by atoms with Crippen LogP contribution in [0.5, 0.6) is 0 Å². The summed E-state index contributed by atoms with van der Waals surface area (Å²) in [6.07, 6.45) is -0.418. The third-order valence-electron chi connectivity index (χ3n) is 10.8. The van der Waals surface area contributed by atoms with Crippen LogP contribution in [-0.2, 0) is 5.41 Å². The number of para-hydroxylation sites is 3. The van der Waals surface area contributed by atoms with Gasteiger partial charge in [0, 0.05) is 16.3 Å². The molecule has 234 valence electrons. The van der Waals surface area contributed by atoms with E-state index in [1.54, 1.807) is 0 Å². The van der Waals surface area contributed by atoms with Crippen LogP contribution in [0.1, 0.15) is 45.1 Å². The summed E-state index contributed by atoms with van der Waals surface area (Å²) >= 11 is 0. The fraction of sp³-hybridized carbons (Fsp3) is 0.0435. The number of benzene rings is 7. The summed E-state index contributed by atoms with van der Waals surface area (Å²) in [5.74, 6) is 1.39. The molecular weight excluding hydrogens is 609 g/mol. The van der Waals surface area contributed by atoms with E-state index in [-0.39, 0.29) is 0 Å². The van der Waals surface area contributed by atoms with Crippen LogP contribution in [0, 0.1) is 0 Å². The lowest BCUT2D eigenvalue weighted by Gasteiger charge is -2.41. The molecule has 0 bridgehead atoms. The number of rotatable bonds is 3. The topological polar surface area (TPSA) is 43.8 Å². The van der Waals surface area contributed by atoms with E-state index in [2.05, 4.69) is 150 Å². The summed E-state index contributed by atoms with van der Waals surface area (Å²) in [5, 5.41) is 7.64. The second kappa shape index (κ2) is 10.2. The van der Waals surface area contributed by atoms with Crippen LogP contribution >= 0.6 is 0 Å². The molecule has 3 heterocycles. The third-order valence-corrected chi connectivity index (χ3v) is 10.8. The second-order valence-corrected chi connectivity index (χ2v) is 13.3. The maximum Gasteiger partial charge on any atom is 0.0822 e. The summed E-state index contributed by atoms with van der Waals surface area (Å²) in [5.41, 5.74) is 13.6. The number of hydrogen-bond acceptors (Lipinski definition) is 2. The molecule has 0 N–H and O–H groups in total. The highest BCUT2D eigenvalue weighted by atomic mass is 15.2. The lowest BCUT2D eigenvalue weighted by Crippen LogP contribution is -2.35. The molecule has 4 nitrogen and oxygen atoms in total. The number of fused-ring (bicyclic) bond motifs is 12. The van der Waals surface area contributed by atoms with Crippen molar-refractivity contribution < 1.29 is 0 Å². The van der Waals surface area contributed by atoms with E-state index in [4.69, 9.17) is 15.3 Å². The Kier molecular flexibility index (Phi) is 5.62. The van der Waals surface area contributed by atoms with Crippen LogP contribution in [0.2, 0.25) is 0 Å². The molecule has 3 aliphatic rings. The van der Waals surface area contributed by atoms with Gasteiger partial charge in [-0.15, -0.1) is 0 Å². The summed E-state index contributed by atoms with van der Waals surface area (Å²) in [7, 11) is 0. The fourth-order valence-corrected chi connectivity index (χ4v) is 8.86. The van der Waals surface area contributed by atoms with Gasteiger partial charge in [-0.05, 0) is 56.6 Å². The second-order valence-electron chi connectivity index (χ2n) is 13.3. The van der Waals surface area contributed by atoms with E-state index in [1.807, 2.05) is 24.3 Å². The van der Waals surface area contributed by atoms with Gasteiger partial charge in [0.25, 0.3) is 0 Å². The van der Waals surface area contributed by atoms with Crippen molar-refractivity contribution in [3.8, 4) is 16.8 Å². The zero-order chi connectivity index (χ0) is 32.8. The first-order valence-electron chi connectivity index (χ1n) is 17.2. The summed E-state index contributed by atoms with van der Waals surface area (Å²) < 4.78 is 2.48. The van der Waals surface area contributed by atoms with Gasteiger partial charge in [-0.25, -0.2) is 0 Å². The predicted octanol–water partition coefficient (Wildman–Crippen LogP) is 10.7. The summed E-state index contributed by atoms with van der Waals surface area (Å²) in [6, 6.07) is 60.9. The van der Waals surface area contributed by atoms with Crippen LogP contribution in [0.25, 0.3) is 43.9 Å². The minimum atomic E-state index is -0.606. The van der Waals surface area contributed by atoms with Crippen molar-refractivity contribution in [2.75, 3.05) is 0 Å². The van der Waals surface area contributed by atoms with Crippen molar-refractivity contribution >= 4 is 33.5 Å². The Balaban J connectivity index is 1.28. The highest BCUT2D eigenvalue weighted by Crippen LogP contribution is 2.62.